The molecule has 1 aliphatic rings. The van der Waals surface area contributed by atoms with Crippen molar-refractivity contribution >= 4 is 11.6 Å². The SMILES string of the molecule is Clc1ccccc1-c1cncn1CCNC1CC1. The van der Waals surface area contributed by atoms with Crippen molar-refractivity contribution in [3.8, 4) is 11.3 Å². The largest absolute Gasteiger partial charge is 0.329 e. The maximum Gasteiger partial charge on any atom is 0.0951 e. The van der Waals surface area contributed by atoms with E-state index in [2.05, 4.69) is 14.9 Å². The molecule has 0 bridgehead atoms. The van der Waals surface area contributed by atoms with Crippen molar-refractivity contribution in [2.24, 2.45) is 0 Å². The number of hydrogen-bond acceptors (Lipinski definition) is 2. The average molecular weight is 262 g/mol. The molecule has 1 saturated carbocycles. The van der Waals surface area contributed by atoms with Crippen LogP contribution in [0.2, 0.25) is 5.02 Å². The Hall–Kier alpha value is -1.32. The molecule has 1 fully saturated rings. The fourth-order valence-corrected chi connectivity index (χ4v) is 2.30. The zero-order chi connectivity index (χ0) is 12.4. The van der Waals surface area contributed by atoms with Crippen LogP contribution in [0, 0.1) is 0 Å². The van der Waals surface area contributed by atoms with Gasteiger partial charge in [-0.15, -0.1) is 0 Å². The first-order valence-corrected chi connectivity index (χ1v) is 6.71. The highest BCUT2D eigenvalue weighted by Gasteiger charge is 2.19. The standard InChI is InChI=1S/C14H16ClN3/c15-13-4-2-1-3-12(13)14-9-16-10-18(14)8-7-17-11-5-6-11/h1-4,9-11,17H,5-8H2. The van der Waals surface area contributed by atoms with Crippen LogP contribution in [-0.2, 0) is 6.54 Å². The summed E-state index contributed by atoms with van der Waals surface area (Å²) in [5.74, 6) is 0. The molecule has 3 rings (SSSR count). The maximum atomic E-state index is 6.23. The lowest BCUT2D eigenvalue weighted by molar-refractivity contribution is 0.598. The van der Waals surface area contributed by atoms with E-state index in [1.165, 1.54) is 12.8 Å². The van der Waals surface area contributed by atoms with Crippen LogP contribution >= 0.6 is 11.6 Å². The summed E-state index contributed by atoms with van der Waals surface area (Å²) in [6, 6.07) is 8.64. The van der Waals surface area contributed by atoms with Crippen LogP contribution in [0.3, 0.4) is 0 Å². The van der Waals surface area contributed by atoms with Gasteiger partial charge in [0.15, 0.2) is 0 Å². The van der Waals surface area contributed by atoms with Crippen LogP contribution in [0.4, 0.5) is 0 Å². The molecule has 0 saturated heterocycles. The first-order chi connectivity index (χ1) is 8.84. The first-order valence-electron chi connectivity index (χ1n) is 6.33. The van der Waals surface area contributed by atoms with Gasteiger partial charge in [0.1, 0.15) is 0 Å². The van der Waals surface area contributed by atoms with E-state index in [0.29, 0.717) is 0 Å². The molecule has 3 nitrogen and oxygen atoms in total. The van der Waals surface area contributed by atoms with Crippen molar-refractivity contribution in [3.05, 3.63) is 41.8 Å². The van der Waals surface area contributed by atoms with E-state index in [9.17, 15) is 0 Å². The van der Waals surface area contributed by atoms with E-state index in [-0.39, 0.29) is 0 Å². The summed E-state index contributed by atoms with van der Waals surface area (Å²) in [5, 5.41) is 4.28. The molecule has 1 heterocycles. The summed E-state index contributed by atoms with van der Waals surface area (Å²) in [5.41, 5.74) is 2.13. The molecule has 0 radical (unpaired) electrons. The molecule has 0 unspecified atom stereocenters. The van der Waals surface area contributed by atoms with Gasteiger partial charge in [-0.05, 0) is 18.9 Å². The number of rotatable bonds is 5. The van der Waals surface area contributed by atoms with Crippen molar-refractivity contribution < 1.29 is 0 Å². The van der Waals surface area contributed by atoms with Gasteiger partial charge in [0, 0.05) is 29.7 Å². The Kier molecular flexibility index (Phi) is 3.35. The lowest BCUT2D eigenvalue weighted by Gasteiger charge is -2.10. The molecular weight excluding hydrogens is 246 g/mol. The second-order valence-corrected chi connectivity index (χ2v) is 5.09. The minimum Gasteiger partial charge on any atom is -0.329 e. The third-order valence-corrected chi connectivity index (χ3v) is 3.55. The number of imidazole rings is 1. The predicted molar refractivity (Wildman–Crippen MR) is 73.7 cm³/mol. The summed E-state index contributed by atoms with van der Waals surface area (Å²) in [6.45, 7) is 1.91. The lowest BCUT2D eigenvalue weighted by atomic mass is 10.1. The highest BCUT2D eigenvalue weighted by molar-refractivity contribution is 6.33. The van der Waals surface area contributed by atoms with Crippen LogP contribution in [0.15, 0.2) is 36.8 Å². The van der Waals surface area contributed by atoms with Gasteiger partial charge in [0.05, 0.1) is 18.2 Å². The second-order valence-electron chi connectivity index (χ2n) is 4.68. The van der Waals surface area contributed by atoms with Crippen LogP contribution in [0.25, 0.3) is 11.3 Å². The van der Waals surface area contributed by atoms with Crippen molar-refractivity contribution in [1.29, 1.82) is 0 Å². The number of nitrogens with zero attached hydrogens (tertiary/aromatic N) is 2. The first kappa shape index (κ1) is 11.8. The molecule has 0 atom stereocenters. The van der Waals surface area contributed by atoms with Crippen molar-refractivity contribution in [2.75, 3.05) is 6.54 Å². The Morgan fingerprint density at radius 1 is 1.33 bits per heavy atom. The van der Waals surface area contributed by atoms with Crippen LogP contribution in [0.5, 0.6) is 0 Å². The van der Waals surface area contributed by atoms with Gasteiger partial charge in [0.25, 0.3) is 0 Å². The summed E-state index contributed by atoms with van der Waals surface area (Å²) >= 11 is 6.23. The Labute approximate surface area is 112 Å². The van der Waals surface area contributed by atoms with Gasteiger partial charge in [-0.1, -0.05) is 29.8 Å². The minimum atomic E-state index is 0.747. The number of hydrogen-bond donors (Lipinski definition) is 1. The molecule has 4 heteroatoms. The number of benzene rings is 1. The maximum absolute atomic E-state index is 6.23. The molecular formula is C14H16ClN3. The van der Waals surface area contributed by atoms with Crippen molar-refractivity contribution in [3.63, 3.8) is 0 Å². The van der Waals surface area contributed by atoms with E-state index >= 15 is 0 Å². The number of nitrogens with one attached hydrogen (secondary N) is 1. The monoisotopic (exact) mass is 261 g/mol. The summed E-state index contributed by atoms with van der Waals surface area (Å²) in [4.78, 5) is 4.23. The molecule has 0 spiro atoms. The molecule has 2 aromatic rings. The molecule has 1 aromatic heterocycles. The van der Waals surface area contributed by atoms with Crippen LogP contribution < -0.4 is 5.32 Å². The molecule has 0 aliphatic heterocycles. The van der Waals surface area contributed by atoms with Gasteiger partial charge in [0.2, 0.25) is 0 Å². The van der Waals surface area contributed by atoms with E-state index in [1.54, 1.807) is 0 Å². The molecule has 1 N–H and O–H groups in total. The molecule has 1 aromatic carbocycles. The van der Waals surface area contributed by atoms with E-state index < -0.39 is 0 Å². The number of aromatic nitrogens is 2. The fraction of sp³-hybridized carbons (Fsp3) is 0.357. The second kappa shape index (κ2) is 5.12. The van der Waals surface area contributed by atoms with E-state index in [4.69, 9.17) is 11.6 Å². The van der Waals surface area contributed by atoms with E-state index in [1.807, 2.05) is 36.8 Å². The van der Waals surface area contributed by atoms with Crippen LogP contribution in [0.1, 0.15) is 12.8 Å². The average Bonchev–Trinajstić information content (AvgIpc) is 3.08. The van der Waals surface area contributed by atoms with E-state index in [0.717, 1.165) is 35.4 Å². The fourth-order valence-electron chi connectivity index (χ4n) is 2.07. The van der Waals surface area contributed by atoms with Gasteiger partial charge < -0.3 is 9.88 Å². The van der Waals surface area contributed by atoms with Gasteiger partial charge in [-0.2, -0.15) is 0 Å². The highest BCUT2D eigenvalue weighted by Crippen LogP contribution is 2.27. The normalized spacial score (nSPS) is 14.9. The molecule has 94 valence electrons. The number of halogens is 1. The zero-order valence-electron chi connectivity index (χ0n) is 10.1. The third kappa shape index (κ3) is 2.57. The Morgan fingerprint density at radius 2 is 2.17 bits per heavy atom. The molecule has 18 heavy (non-hydrogen) atoms. The summed E-state index contributed by atoms with van der Waals surface area (Å²) in [6.07, 6.45) is 6.38. The van der Waals surface area contributed by atoms with Gasteiger partial charge in [-0.25, -0.2) is 4.98 Å². The predicted octanol–water partition coefficient (Wildman–Crippen LogP) is 2.96. The summed E-state index contributed by atoms with van der Waals surface area (Å²) < 4.78 is 2.15. The summed E-state index contributed by atoms with van der Waals surface area (Å²) in [7, 11) is 0. The molecule has 0 amide bonds. The lowest BCUT2D eigenvalue weighted by Crippen LogP contribution is -2.21. The quantitative estimate of drug-likeness (QED) is 0.897. The van der Waals surface area contributed by atoms with Crippen molar-refractivity contribution in [1.82, 2.24) is 14.9 Å². The van der Waals surface area contributed by atoms with Gasteiger partial charge in [-0.3, -0.25) is 0 Å². The highest BCUT2D eigenvalue weighted by atomic mass is 35.5. The minimum absolute atomic E-state index is 0.747. The Bertz CT molecular complexity index is 531. The smallest absolute Gasteiger partial charge is 0.0951 e. The third-order valence-electron chi connectivity index (χ3n) is 3.23. The molecule has 1 aliphatic carbocycles. The van der Waals surface area contributed by atoms with Crippen LogP contribution in [-0.4, -0.2) is 22.1 Å². The zero-order valence-corrected chi connectivity index (χ0v) is 10.9. The Morgan fingerprint density at radius 3 is 2.94 bits per heavy atom. The topological polar surface area (TPSA) is 29.9 Å². The van der Waals surface area contributed by atoms with Crippen molar-refractivity contribution in [2.45, 2.75) is 25.4 Å². The Balaban J connectivity index is 1.75. The van der Waals surface area contributed by atoms with Gasteiger partial charge >= 0.3 is 0 Å².